The van der Waals surface area contributed by atoms with E-state index in [0.717, 1.165) is 17.5 Å². The summed E-state index contributed by atoms with van der Waals surface area (Å²) in [6.07, 6.45) is 1.40. The van der Waals surface area contributed by atoms with Gasteiger partial charge in [-0.05, 0) is 78.7 Å². The molecule has 0 saturated carbocycles. The van der Waals surface area contributed by atoms with Gasteiger partial charge in [-0.1, -0.05) is 17.7 Å². The zero-order chi connectivity index (χ0) is 27.1. The minimum absolute atomic E-state index is 0.0320. The van der Waals surface area contributed by atoms with Gasteiger partial charge in [-0.3, -0.25) is 9.59 Å². The zero-order valence-corrected chi connectivity index (χ0v) is 23.5. The second-order valence-electron chi connectivity index (χ2n) is 9.18. The van der Waals surface area contributed by atoms with Crippen LogP contribution in [0.15, 0.2) is 53.9 Å². The number of carbonyl (C=O) groups is 2. The number of hydrogen-bond acceptors (Lipinski definition) is 6. The highest BCUT2D eigenvalue weighted by Crippen LogP contribution is 2.34. The molecule has 1 atom stereocenters. The average molecular weight is 557 g/mol. The number of benzene rings is 2. The van der Waals surface area contributed by atoms with Crippen LogP contribution in [0.4, 0.5) is 0 Å². The number of hydrogen-bond donors (Lipinski definition) is 0. The molecule has 2 heterocycles. The van der Waals surface area contributed by atoms with Crippen LogP contribution in [0.25, 0.3) is 0 Å². The predicted molar refractivity (Wildman–Crippen MR) is 150 cm³/mol. The number of aryl methyl sites for hydroxylation is 1. The van der Waals surface area contributed by atoms with Crippen molar-refractivity contribution >= 4 is 34.8 Å². The maximum atomic E-state index is 13.8. The van der Waals surface area contributed by atoms with Gasteiger partial charge in [0.25, 0.3) is 5.91 Å². The smallest absolute Gasteiger partial charge is 0.254 e. The van der Waals surface area contributed by atoms with E-state index in [1.165, 1.54) is 4.88 Å². The van der Waals surface area contributed by atoms with Gasteiger partial charge in [-0.25, -0.2) is 0 Å². The van der Waals surface area contributed by atoms with Gasteiger partial charge in [0.1, 0.15) is 24.7 Å². The number of amides is 2. The molecule has 0 fully saturated rings. The van der Waals surface area contributed by atoms with E-state index in [-0.39, 0.29) is 24.4 Å². The van der Waals surface area contributed by atoms with Gasteiger partial charge in [-0.15, -0.1) is 11.3 Å². The molecule has 0 unspecified atom stereocenters. The lowest BCUT2D eigenvalue weighted by Crippen LogP contribution is -2.48. The molecule has 38 heavy (non-hydrogen) atoms. The summed E-state index contributed by atoms with van der Waals surface area (Å²) in [4.78, 5) is 31.9. The van der Waals surface area contributed by atoms with Gasteiger partial charge >= 0.3 is 0 Å². The van der Waals surface area contributed by atoms with Crippen molar-refractivity contribution in [2.45, 2.75) is 25.8 Å². The molecule has 1 aliphatic heterocycles. The molecule has 1 aromatic heterocycles. The average Bonchev–Trinajstić information content (AvgIpc) is 3.42. The highest BCUT2D eigenvalue weighted by Gasteiger charge is 2.33. The lowest BCUT2D eigenvalue weighted by atomic mass is 10.00. The Bertz CT molecular complexity index is 1260. The number of nitrogens with zero attached hydrogens (tertiary/aromatic N) is 2. The Morgan fingerprint density at radius 3 is 2.74 bits per heavy atom. The predicted octanol–water partition coefficient (Wildman–Crippen LogP) is 5.40. The summed E-state index contributed by atoms with van der Waals surface area (Å²) in [6.45, 7) is 3.67. The molecule has 1 aliphatic rings. The number of carbonyl (C=O) groups excluding carboxylic acids is 2. The highest BCUT2D eigenvalue weighted by molar-refractivity contribution is 7.10. The SMILES string of the molecule is COCCCN(CC(=O)N1CCc2sccc2[C@H]1COc1ccc(Cl)c(C)c1)C(=O)c1cccc(OC)c1. The summed E-state index contributed by atoms with van der Waals surface area (Å²) in [5.74, 6) is 0.966. The van der Waals surface area contributed by atoms with Gasteiger partial charge in [0.05, 0.1) is 13.2 Å². The molecular weight excluding hydrogens is 524 g/mol. The van der Waals surface area contributed by atoms with E-state index in [1.807, 2.05) is 30.0 Å². The van der Waals surface area contributed by atoms with Crippen LogP contribution in [0.5, 0.6) is 11.5 Å². The molecular formula is C29H33ClN2O5S. The first-order valence-electron chi connectivity index (χ1n) is 12.6. The van der Waals surface area contributed by atoms with Crippen molar-refractivity contribution in [1.29, 1.82) is 0 Å². The first-order valence-corrected chi connectivity index (χ1v) is 13.8. The molecule has 2 aromatic carbocycles. The quantitative estimate of drug-likeness (QED) is 0.296. The molecule has 0 bridgehead atoms. The molecule has 0 saturated heterocycles. The Balaban J connectivity index is 1.53. The van der Waals surface area contributed by atoms with Crippen molar-refractivity contribution in [2.75, 3.05) is 47.1 Å². The minimum Gasteiger partial charge on any atom is -0.497 e. The summed E-state index contributed by atoms with van der Waals surface area (Å²) >= 11 is 7.87. The Kier molecular flexibility index (Phi) is 9.66. The van der Waals surface area contributed by atoms with Crippen LogP contribution in [0, 0.1) is 6.92 Å². The number of thiophene rings is 1. The minimum atomic E-state index is -0.249. The Morgan fingerprint density at radius 2 is 1.97 bits per heavy atom. The molecule has 0 radical (unpaired) electrons. The fourth-order valence-electron chi connectivity index (χ4n) is 4.60. The number of methoxy groups -OCH3 is 2. The second-order valence-corrected chi connectivity index (χ2v) is 10.6. The molecule has 202 valence electrons. The van der Waals surface area contributed by atoms with Crippen LogP contribution in [-0.2, 0) is 16.0 Å². The van der Waals surface area contributed by atoms with Gasteiger partial charge < -0.3 is 24.0 Å². The van der Waals surface area contributed by atoms with E-state index >= 15 is 0 Å². The van der Waals surface area contributed by atoms with E-state index in [9.17, 15) is 9.59 Å². The molecule has 0 aliphatic carbocycles. The van der Waals surface area contributed by atoms with Gasteiger partial charge in [-0.2, -0.15) is 0 Å². The Labute approximate surface area is 232 Å². The van der Waals surface area contributed by atoms with Crippen LogP contribution in [-0.4, -0.2) is 68.7 Å². The van der Waals surface area contributed by atoms with Crippen LogP contribution in [0.3, 0.4) is 0 Å². The summed E-state index contributed by atoms with van der Waals surface area (Å²) in [5, 5.41) is 2.74. The van der Waals surface area contributed by atoms with Gasteiger partial charge in [0.2, 0.25) is 5.91 Å². The van der Waals surface area contributed by atoms with Crippen LogP contribution >= 0.6 is 22.9 Å². The van der Waals surface area contributed by atoms with Crippen molar-refractivity contribution in [3.63, 3.8) is 0 Å². The summed E-state index contributed by atoms with van der Waals surface area (Å²) < 4.78 is 16.6. The van der Waals surface area contributed by atoms with Crippen molar-refractivity contribution in [3.8, 4) is 11.5 Å². The molecule has 0 N–H and O–H groups in total. The second kappa shape index (κ2) is 13.1. The molecule has 4 rings (SSSR count). The molecule has 2 amide bonds. The van der Waals surface area contributed by atoms with Crippen molar-refractivity contribution < 1.29 is 23.8 Å². The van der Waals surface area contributed by atoms with Crippen molar-refractivity contribution in [3.05, 3.63) is 80.5 Å². The largest absolute Gasteiger partial charge is 0.497 e. The lowest BCUT2D eigenvalue weighted by molar-refractivity contribution is -0.135. The van der Waals surface area contributed by atoms with Gasteiger partial charge in [0.15, 0.2) is 0 Å². The molecule has 7 nitrogen and oxygen atoms in total. The summed E-state index contributed by atoms with van der Waals surface area (Å²) in [6, 6.07) is 14.4. The van der Waals surface area contributed by atoms with Gasteiger partial charge in [0, 0.05) is 42.3 Å². The third-order valence-electron chi connectivity index (χ3n) is 6.66. The normalized spacial score (nSPS) is 14.6. The van der Waals surface area contributed by atoms with E-state index < -0.39 is 0 Å². The lowest BCUT2D eigenvalue weighted by Gasteiger charge is -2.37. The zero-order valence-electron chi connectivity index (χ0n) is 21.9. The standard InChI is InChI=1S/C29H33ClN2O5S/c1-20-16-23(8-9-25(20)30)37-19-26-24-11-15-38-27(24)10-13-32(26)28(33)18-31(12-5-14-35-2)29(34)21-6-4-7-22(17-21)36-3/h4,6-9,11,15-17,26H,5,10,12-14,18-19H2,1-3H3/t26-/m1/s1. The number of ether oxygens (including phenoxy) is 3. The van der Waals surface area contributed by atoms with Crippen LogP contribution in [0.1, 0.15) is 38.8 Å². The molecule has 0 spiro atoms. The monoisotopic (exact) mass is 556 g/mol. The fraction of sp³-hybridized carbons (Fsp3) is 0.379. The maximum absolute atomic E-state index is 13.8. The number of rotatable bonds is 11. The number of halogens is 1. The maximum Gasteiger partial charge on any atom is 0.254 e. The van der Waals surface area contributed by atoms with Crippen molar-refractivity contribution in [1.82, 2.24) is 9.80 Å². The van der Waals surface area contributed by atoms with Crippen molar-refractivity contribution in [2.24, 2.45) is 0 Å². The summed E-state index contributed by atoms with van der Waals surface area (Å²) in [7, 11) is 3.18. The van der Waals surface area contributed by atoms with Crippen LogP contribution in [0.2, 0.25) is 5.02 Å². The van der Waals surface area contributed by atoms with E-state index in [2.05, 4.69) is 11.4 Å². The summed E-state index contributed by atoms with van der Waals surface area (Å²) in [5.41, 5.74) is 2.51. The fourth-order valence-corrected chi connectivity index (χ4v) is 5.65. The van der Waals surface area contributed by atoms with Crippen LogP contribution < -0.4 is 9.47 Å². The topological polar surface area (TPSA) is 68.3 Å². The first kappa shape index (κ1) is 28.0. The van der Waals surface area contributed by atoms with E-state index in [1.54, 1.807) is 54.7 Å². The number of fused-ring (bicyclic) bond motifs is 1. The van der Waals surface area contributed by atoms with E-state index in [0.29, 0.717) is 54.8 Å². The molecule has 9 heteroatoms. The third kappa shape index (κ3) is 6.67. The molecule has 3 aromatic rings. The van der Waals surface area contributed by atoms with E-state index in [4.69, 9.17) is 25.8 Å². The Hall–Kier alpha value is -3.07. The Morgan fingerprint density at radius 1 is 1.13 bits per heavy atom. The highest BCUT2D eigenvalue weighted by atomic mass is 35.5. The third-order valence-corrected chi connectivity index (χ3v) is 8.08. The first-order chi connectivity index (χ1) is 18.4.